The van der Waals surface area contributed by atoms with Gasteiger partial charge in [0.1, 0.15) is 0 Å². The predicted octanol–water partition coefficient (Wildman–Crippen LogP) is 1.71. The van der Waals surface area contributed by atoms with E-state index in [0.717, 1.165) is 5.56 Å². The average molecular weight is 332 g/mol. The van der Waals surface area contributed by atoms with E-state index in [0.29, 0.717) is 41.5 Å². The number of methoxy groups -OCH3 is 3. The monoisotopic (exact) mass is 332 g/mol. The largest absolute Gasteiger partial charge is 0.493 e. The topological polar surface area (TPSA) is 89.7 Å². The standard InChI is InChI=1S/C17H20N2O5/c1-22-14-6-11(7-15(23-2)17(14)24-3)9-18-16(21)8-12-4-5-13(10-20)19-12/h4-7,10,19H,8-9H2,1-3H3,(H,18,21). The van der Waals surface area contributed by atoms with Crippen molar-refractivity contribution in [3.8, 4) is 17.2 Å². The number of nitrogens with one attached hydrogen (secondary N) is 2. The summed E-state index contributed by atoms with van der Waals surface area (Å²) < 4.78 is 15.8. The third-order valence-electron chi connectivity index (χ3n) is 3.46. The Morgan fingerprint density at radius 1 is 1.12 bits per heavy atom. The Hall–Kier alpha value is -2.96. The van der Waals surface area contributed by atoms with Crippen molar-refractivity contribution < 1.29 is 23.8 Å². The summed E-state index contributed by atoms with van der Waals surface area (Å²) in [6.07, 6.45) is 0.871. The molecule has 7 nitrogen and oxygen atoms in total. The van der Waals surface area contributed by atoms with Crippen LogP contribution in [-0.4, -0.2) is 38.5 Å². The van der Waals surface area contributed by atoms with E-state index in [4.69, 9.17) is 14.2 Å². The highest BCUT2D eigenvalue weighted by Gasteiger charge is 2.13. The number of rotatable bonds is 8. The summed E-state index contributed by atoms with van der Waals surface area (Å²) in [6, 6.07) is 6.90. The fourth-order valence-corrected chi connectivity index (χ4v) is 2.30. The summed E-state index contributed by atoms with van der Waals surface area (Å²) in [4.78, 5) is 25.5. The number of aromatic nitrogens is 1. The molecular formula is C17H20N2O5. The second-order valence-electron chi connectivity index (χ2n) is 5.04. The number of aromatic amines is 1. The van der Waals surface area contributed by atoms with Crippen LogP contribution in [0.15, 0.2) is 24.3 Å². The molecule has 2 rings (SSSR count). The molecule has 0 fully saturated rings. The van der Waals surface area contributed by atoms with E-state index < -0.39 is 0 Å². The molecule has 2 aromatic rings. The summed E-state index contributed by atoms with van der Waals surface area (Å²) in [5.41, 5.74) is 1.94. The lowest BCUT2D eigenvalue weighted by molar-refractivity contribution is -0.120. The Morgan fingerprint density at radius 2 is 1.79 bits per heavy atom. The van der Waals surface area contributed by atoms with Crippen LogP contribution in [-0.2, 0) is 17.8 Å². The second-order valence-corrected chi connectivity index (χ2v) is 5.04. The molecule has 1 amide bonds. The number of carbonyl (C=O) groups is 2. The van der Waals surface area contributed by atoms with Gasteiger partial charge in [0.2, 0.25) is 11.7 Å². The van der Waals surface area contributed by atoms with Crippen LogP contribution in [0.4, 0.5) is 0 Å². The molecule has 0 spiro atoms. The smallest absolute Gasteiger partial charge is 0.226 e. The highest BCUT2D eigenvalue weighted by atomic mass is 16.5. The lowest BCUT2D eigenvalue weighted by Gasteiger charge is -2.14. The van der Waals surface area contributed by atoms with E-state index in [1.165, 1.54) is 21.3 Å². The summed E-state index contributed by atoms with van der Waals surface area (Å²) in [5, 5.41) is 2.82. The molecule has 0 aliphatic carbocycles. The maximum Gasteiger partial charge on any atom is 0.226 e. The summed E-state index contributed by atoms with van der Waals surface area (Å²) in [7, 11) is 4.61. The molecule has 0 bridgehead atoms. The molecule has 0 atom stereocenters. The first kappa shape index (κ1) is 17.4. The first-order valence-electron chi connectivity index (χ1n) is 7.30. The highest BCUT2D eigenvalue weighted by molar-refractivity contribution is 5.79. The number of amides is 1. The van der Waals surface area contributed by atoms with Crippen LogP contribution in [0.5, 0.6) is 17.2 Å². The quantitative estimate of drug-likeness (QED) is 0.718. The number of H-pyrrole nitrogens is 1. The predicted molar refractivity (Wildman–Crippen MR) is 87.8 cm³/mol. The normalized spacial score (nSPS) is 10.1. The molecule has 1 aromatic heterocycles. The molecule has 128 valence electrons. The summed E-state index contributed by atoms with van der Waals surface area (Å²) in [6.45, 7) is 0.316. The number of hydrogen-bond acceptors (Lipinski definition) is 5. The van der Waals surface area contributed by atoms with E-state index >= 15 is 0 Å². The van der Waals surface area contributed by atoms with E-state index in [-0.39, 0.29) is 12.3 Å². The zero-order valence-corrected chi connectivity index (χ0v) is 13.8. The van der Waals surface area contributed by atoms with E-state index in [1.807, 2.05) is 0 Å². The number of carbonyl (C=O) groups excluding carboxylic acids is 2. The van der Waals surface area contributed by atoms with Gasteiger partial charge in [-0.25, -0.2) is 0 Å². The third kappa shape index (κ3) is 4.07. The maximum atomic E-state index is 12.0. The van der Waals surface area contributed by atoms with Crippen molar-refractivity contribution in [3.05, 3.63) is 41.2 Å². The third-order valence-corrected chi connectivity index (χ3v) is 3.46. The first-order chi connectivity index (χ1) is 11.6. The number of aldehydes is 1. The lowest BCUT2D eigenvalue weighted by Crippen LogP contribution is -2.24. The number of hydrogen-bond donors (Lipinski definition) is 2. The maximum absolute atomic E-state index is 12.0. The minimum atomic E-state index is -0.164. The van der Waals surface area contributed by atoms with Crippen LogP contribution in [0.25, 0.3) is 0 Å². The van der Waals surface area contributed by atoms with Crippen molar-refractivity contribution in [1.82, 2.24) is 10.3 Å². The molecular weight excluding hydrogens is 312 g/mol. The number of ether oxygens (including phenoxy) is 3. The Morgan fingerprint density at radius 3 is 2.29 bits per heavy atom. The van der Waals surface area contributed by atoms with Gasteiger partial charge in [-0.1, -0.05) is 0 Å². The fourth-order valence-electron chi connectivity index (χ4n) is 2.30. The Kier molecular flexibility index (Phi) is 5.83. The van der Waals surface area contributed by atoms with Gasteiger partial charge in [-0.05, 0) is 29.8 Å². The molecule has 1 heterocycles. The lowest BCUT2D eigenvalue weighted by atomic mass is 10.1. The van der Waals surface area contributed by atoms with Crippen molar-refractivity contribution in [2.24, 2.45) is 0 Å². The molecule has 0 radical (unpaired) electrons. The van der Waals surface area contributed by atoms with Gasteiger partial charge in [0.15, 0.2) is 17.8 Å². The zero-order chi connectivity index (χ0) is 17.5. The second kappa shape index (κ2) is 8.05. The van der Waals surface area contributed by atoms with Crippen LogP contribution >= 0.6 is 0 Å². The van der Waals surface area contributed by atoms with Crippen LogP contribution in [0.2, 0.25) is 0 Å². The molecule has 0 aliphatic heterocycles. The Labute approximate surface area is 139 Å². The van der Waals surface area contributed by atoms with Crippen molar-refractivity contribution in [2.45, 2.75) is 13.0 Å². The highest BCUT2D eigenvalue weighted by Crippen LogP contribution is 2.38. The van der Waals surface area contributed by atoms with Crippen molar-refractivity contribution in [1.29, 1.82) is 0 Å². The zero-order valence-electron chi connectivity index (χ0n) is 13.8. The van der Waals surface area contributed by atoms with Gasteiger partial charge in [-0.2, -0.15) is 0 Å². The summed E-state index contributed by atoms with van der Waals surface area (Å²) >= 11 is 0. The van der Waals surface area contributed by atoms with E-state index in [2.05, 4.69) is 10.3 Å². The van der Waals surface area contributed by atoms with Crippen molar-refractivity contribution in [3.63, 3.8) is 0 Å². The molecule has 0 unspecified atom stereocenters. The molecule has 1 aromatic carbocycles. The van der Waals surface area contributed by atoms with Crippen molar-refractivity contribution >= 4 is 12.2 Å². The summed E-state index contributed by atoms with van der Waals surface area (Å²) in [5.74, 6) is 1.40. The van der Waals surface area contributed by atoms with Gasteiger partial charge < -0.3 is 24.5 Å². The molecule has 24 heavy (non-hydrogen) atoms. The van der Waals surface area contributed by atoms with E-state index in [9.17, 15) is 9.59 Å². The molecule has 2 N–H and O–H groups in total. The minimum absolute atomic E-state index is 0.164. The molecule has 0 saturated heterocycles. The van der Waals surface area contributed by atoms with Gasteiger partial charge in [0, 0.05) is 12.2 Å². The molecule has 0 aliphatic rings. The molecule has 7 heteroatoms. The van der Waals surface area contributed by atoms with Gasteiger partial charge in [0.25, 0.3) is 0 Å². The van der Waals surface area contributed by atoms with Crippen LogP contribution in [0.3, 0.4) is 0 Å². The SMILES string of the molecule is COc1cc(CNC(=O)Cc2ccc(C=O)[nH]2)cc(OC)c1OC. The first-order valence-corrected chi connectivity index (χ1v) is 7.30. The van der Waals surface area contributed by atoms with Gasteiger partial charge in [0.05, 0.1) is 33.4 Å². The van der Waals surface area contributed by atoms with Gasteiger partial charge in [-0.3, -0.25) is 9.59 Å². The average Bonchev–Trinajstić information content (AvgIpc) is 3.06. The minimum Gasteiger partial charge on any atom is -0.493 e. The Bertz CT molecular complexity index is 699. The van der Waals surface area contributed by atoms with Crippen LogP contribution < -0.4 is 19.5 Å². The van der Waals surface area contributed by atoms with Gasteiger partial charge >= 0.3 is 0 Å². The van der Waals surface area contributed by atoms with Crippen LogP contribution in [0.1, 0.15) is 21.7 Å². The van der Waals surface area contributed by atoms with Crippen LogP contribution in [0, 0.1) is 0 Å². The number of benzene rings is 1. The Balaban J connectivity index is 2.02. The fraction of sp³-hybridized carbons (Fsp3) is 0.294. The van der Waals surface area contributed by atoms with Gasteiger partial charge in [-0.15, -0.1) is 0 Å². The molecule has 0 saturated carbocycles. The van der Waals surface area contributed by atoms with E-state index in [1.54, 1.807) is 24.3 Å². The van der Waals surface area contributed by atoms with Crippen molar-refractivity contribution in [2.75, 3.05) is 21.3 Å².